The number of carbonyl (C=O) groups is 1. The molecule has 1 atom stereocenters. The molecule has 150 valence electrons. The van der Waals surface area contributed by atoms with Crippen LogP contribution in [0.15, 0.2) is 39.4 Å². The summed E-state index contributed by atoms with van der Waals surface area (Å²) in [5, 5.41) is 3.05. The van der Waals surface area contributed by atoms with E-state index in [2.05, 4.69) is 56.3 Å². The lowest BCUT2D eigenvalue weighted by Gasteiger charge is -2.36. The molecule has 1 aromatic heterocycles. The summed E-state index contributed by atoms with van der Waals surface area (Å²) < 4.78 is 11.5. The predicted molar refractivity (Wildman–Crippen MR) is 112 cm³/mol. The van der Waals surface area contributed by atoms with Crippen LogP contribution in [0.25, 0.3) is 0 Å². The Morgan fingerprint density at radius 3 is 2.79 bits per heavy atom. The number of hydrogen-bond donors (Lipinski definition) is 1. The van der Waals surface area contributed by atoms with Crippen molar-refractivity contribution in [1.29, 1.82) is 0 Å². The summed E-state index contributed by atoms with van der Waals surface area (Å²) in [6.07, 6.45) is 2.29. The molecular weight excluding hydrogens is 422 g/mol. The average molecular weight is 448 g/mol. The van der Waals surface area contributed by atoms with Crippen LogP contribution in [0.2, 0.25) is 0 Å². The monoisotopic (exact) mass is 447 g/mol. The molecule has 2 aliphatic heterocycles. The summed E-state index contributed by atoms with van der Waals surface area (Å²) in [6.45, 7) is 4.82. The molecule has 0 unspecified atom stereocenters. The van der Waals surface area contributed by atoms with Gasteiger partial charge in [0.15, 0.2) is 10.4 Å². The molecule has 2 aromatic rings. The molecule has 1 N–H and O–H groups in total. The second-order valence-electron chi connectivity index (χ2n) is 7.39. The van der Waals surface area contributed by atoms with Crippen molar-refractivity contribution < 1.29 is 13.9 Å². The molecule has 1 saturated heterocycles. The van der Waals surface area contributed by atoms with Gasteiger partial charge in [-0.25, -0.2) is 0 Å². The zero-order valence-corrected chi connectivity index (χ0v) is 17.7. The van der Waals surface area contributed by atoms with Crippen molar-refractivity contribution in [3.8, 4) is 0 Å². The summed E-state index contributed by atoms with van der Waals surface area (Å²) in [4.78, 5) is 17.2. The maximum atomic E-state index is 12.5. The van der Waals surface area contributed by atoms with Crippen LogP contribution >= 0.6 is 15.9 Å². The topological polar surface area (TPSA) is 58.0 Å². The second kappa shape index (κ2) is 8.68. The average Bonchev–Trinajstić information content (AvgIpc) is 3.15. The molecular formula is C21H26BrN3O3. The summed E-state index contributed by atoms with van der Waals surface area (Å²) in [6, 6.07) is 10.3. The van der Waals surface area contributed by atoms with Crippen molar-refractivity contribution in [2.45, 2.75) is 18.9 Å². The fourth-order valence-corrected chi connectivity index (χ4v) is 4.38. The standard InChI is InChI=1S/C21H26BrN3O3/c1-24-8-2-3-15-13-16(4-5-17(15)24)18(25-9-11-27-12-10-25)14-23-21(26)19-6-7-20(22)28-19/h4-7,13,18H,2-3,8-12,14H2,1H3,(H,23,26)/t18-/m0/s1. The van der Waals surface area contributed by atoms with Crippen LogP contribution in [0.5, 0.6) is 0 Å². The van der Waals surface area contributed by atoms with Crippen molar-refractivity contribution in [1.82, 2.24) is 10.2 Å². The largest absolute Gasteiger partial charge is 0.444 e. The number of amides is 1. The van der Waals surface area contributed by atoms with Crippen molar-refractivity contribution in [3.05, 3.63) is 51.9 Å². The van der Waals surface area contributed by atoms with E-state index in [4.69, 9.17) is 9.15 Å². The van der Waals surface area contributed by atoms with Crippen LogP contribution in [0.1, 0.15) is 34.1 Å². The van der Waals surface area contributed by atoms with Gasteiger partial charge in [-0.3, -0.25) is 9.69 Å². The molecule has 0 bridgehead atoms. The van der Waals surface area contributed by atoms with E-state index in [0.29, 0.717) is 17.0 Å². The molecule has 1 aromatic carbocycles. The fourth-order valence-electron chi connectivity index (χ4n) is 4.07. The maximum absolute atomic E-state index is 12.5. The Labute approximate surface area is 173 Å². The number of rotatable bonds is 5. The van der Waals surface area contributed by atoms with Crippen molar-refractivity contribution in [2.24, 2.45) is 0 Å². The van der Waals surface area contributed by atoms with Gasteiger partial charge < -0.3 is 19.4 Å². The number of fused-ring (bicyclic) bond motifs is 1. The molecule has 0 spiro atoms. The van der Waals surface area contributed by atoms with Gasteiger partial charge in [-0.15, -0.1) is 0 Å². The third-order valence-corrected chi connectivity index (χ3v) is 6.00. The van der Waals surface area contributed by atoms with Crippen LogP contribution in [-0.2, 0) is 11.2 Å². The van der Waals surface area contributed by atoms with Gasteiger partial charge in [0.05, 0.1) is 19.3 Å². The van der Waals surface area contributed by atoms with E-state index in [-0.39, 0.29) is 11.9 Å². The van der Waals surface area contributed by atoms with E-state index in [1.807, 2.05) is 0 Å². The minimum Gasteiger partial charge on any atom is -0.444 e. The molecule has 0 aliphatic carbocycles. The first-order valence-corrected chi connectivity index (χ1v) is 10.6. The van der Waals surface area contributed by atoms with Gasteiger partial charge in [0, 0.05) is 38.9 Å². The smallest absolute Gasteiger partial charge is 0.287 e. The van der Waals surface area contributed by atoms with E-state index >= 15 is 0 Å². The first-order valence-electron chi connectivity index (χ1n) is 9.81. The van der Waals surface area contributed by atoms with Gasteiger partial charge in [0.2, 0.25) is 0 Å². The lowest BCUT2D eigenvalue weighted by Crippen LogP contribution is -2.43. The normalized spacial score (nSPS) is 18.6. The quantitative estimate of drug-likeness (QED) is 0.762. The molecule has 0 saturated carbocycles. The summed E-state index contributed by atoms with van der Waals surface area (Å²) in [7, 11) is 2.15. The van der Waals surface area contributed by atoms with E-state index in [1.165, 1.54) is 23.2 Å². The highest BCUT2D eigenvalue weighted by atomic mass is 79.9. The second-order valence-corrected chi connectivity index (χ2v) is 8.17. The predicted octanol–water partition coefficient (Wildman–Crippen LogP) is 3.23. The van der Waals surface area contributed by atoms with Crippen LogP contribution in [0.3, 0.4) is 0 Å². The molecule has 7 heteroatoms. The number of hydrogen-bond acceptors (Lipinski definition) is 5. The molecule has 4 rings (SSSR count). The summed E-state index contributed by atoms with van der Waals surface area (Å²) >= 11 is 3.25. The Morgan fingerprint density at radius 2 is 2.04 bits per heavy atom. The number of furan rings is 1. The van der Waals surface area contributed by atoms with E-state index in [1.54, 1.807) is 12.1 Å². The lowest BCUT2D eigenvalue weighted by atomic mass is 9.95. The Bertz CT molecular complexity index is 832. The van der Waals surface area contributed by atoms with Crippen LogP contribution in [0, 0.1) is 0 Å². The van der Waals surface area contributed by atoms with Gasteiger partial charge in [-0.1, -0.05) is 12.1 Å². The van der Waals surface area contributed by atoms with Crippen molar-refractivity contribution in [2.75, 3.05) is 51.3 Å². The van der Waals surface area contributed by atoms with Gasteiger partial charge in [-0.2, -0.15) is 0 Å². The van der Waals surface area contributed by atoms with Gasteiger partial charge in [0.25, 0.3) is 5.91 Å². The van der Waals surface area contributed by atoms with Crippen LogP contribution < -0.4 is 10.2 Å². The van der Waals surface area contributed by atoms with Crippen molar-refractivity contribution >= 4 is 27.5 Å². The number of aryl methyl sites for hydroxylation is 1. The molecule has 2 aliphatic rings. The molecule has 1 amide bonds. The SMILES string of the molecule is CN1CCCc2cc([C@H](CNC(=O)c3ccc(Br)o3)N3CCOCC3)ccc21. The maximum Gasteiger partial charge on any atom is 0.287 e. The van der Waals surface area contributed by atoms with E-state index in [9.17, 15) is 4.79 Å². The lowest BCUT2D eigenvalue weighted by molar-refractivity contribution is 0.0161. The summed E-state index contributed by atoms with van der Waals surface area (Å²) in [5.41, 5.74) is 3.96. The fraction of sp³-hybridized carbons (Fsp3) is 0.476. The van der Waals surface area contributed by atoms with Crippen molar-refractivity contribution in [3.63, 3.8) is 0 Å². The van der Waals surface area contributed by atoms with E-state index in [0.717, 1.165) is 39.3 Å². The van der Waals surface area contributed by atoms with Gasteiger partial charge >= 0.3 is 0 Å². The number of anilines is 1. The highest BCUT2D eigenvalue weighted by Gasteiger charge is 2.25. The first-order chi connectivity index (χ1) is 13.6. The third-order valence-electron chi connectivity index (χ3n) is 5.58. The first kappa shape index (κ1) is 19.5. The van der Waals surface area contributed by atoms with Gasteiger partial charge in [0.1, 0.15) is 0 Å². The molecule has 1 fully saturated rings. The Hall–Kier alpha value is -1.83. The molecule has 28 heavy (non-hydrogen) atoms. The number of ether oxygens (including phenoxy) is 1. The number of carbonyl (C=O) groups excluding carboxylic acids is 1. The van der Waals surface area contributed by atoms with E-state index < -0.39 is 0 Å². The zero-order chi connectivity index (χ0) is 19.5. The highest BCUT2D eigenvalue weighted by molar-refractivity contribution is 9.10. The minimum atomic E-state index is -0.193. The van der Waals surface area contributed by atoms with Crippen LogP contribution in [-0.4, -0.2) is 57.2 Å². The third kappa shape index (κ3) is 4.26. The number of nitrogens with one attached hydrogen (secondary N) is 1. The number of benzene rings is 1. The Morgan fingerprint density at radius 1 is 1.21 bits per heavy atom. The Balaban J connectivity index is 1.54. The van der Waals surface area contributed by atoms with Gasteiger partial charge in [-0.05, 0) is 58.1 Å². The zero-order valence-electron chi connectivity index (χ0n) is 16.1. The number of morpholine rings is 1. The molecule has 6 nitrogen and oxygen atoms in total. The molecule has 0 radical (unpaired) electrons. The van der Waals surface area contributed by atoms with Crippen LogP contribution in [0.4, 0.5) is 5.69 Å². The minimum absolute atomic E-state index is 0.115. The molecule has 3 heterocycles. The Kier molecular flexibility index (Phi) is 6.04. The highest BCUT2D eigenvalue weighted by Crippen LogP contribution is 2.31. The number of halogens is 1. The summed E-state index contributed by atoms with van der Waals surface area (Å²) in [5.74, 6) is 0.126. The number of nitrogens with zero attached hydrogens (tertiary/aromatic N) is 2.